The number of nitriles is 1. The van der Waals surface area contributed by atoms with Crippen molar-refractivity contribution in [3.8, 4) is 6.07 Å². The van der Waals surface area contributed by atoms with Crippen LogP contribution in [0.15, 0.2) is 29.2 Å². The van der Waals surface area contributed by atoms with Gasteiger partial charge >= 0.3 is 0 Å². The van der Waals surface area contributed by atoms with Crippen LogP contribution in [-0.2, 0) is 29.3 Å². The van der Waals surface area contributed by atoms with Crippen LogP contribution in [-0.4, -0.2) is 13.4 Å². The molecule has 108 valence electrons. The van der Waals surface area contributed by atoms with Crippen LogP contribution in [0.25, 0.3) is 0 Å². The Labute approximate surface area is 127 Å². The van der Waals surface area contributed by atoms with Crippen molar-refractivity contribution in [3.05, 3.63) is 40.4 Å². The van der Waals surface area contributed by atoms with Crippen molar-refractivity contribution >= 4 is 26.5 Å². The highest BCUT2D eigenvalue weighted by Crippen LogP contribution is 2.31. The van der Waals surface area contributed by atoms with Crippen LogP contribution >= 0.6 is 11.3 Å². The van der Waals surface area contributed by atoms with E-state index in [1.807, 2.05) is 6.07 Å². The van der Waals surface area contributed by atoms with Crippen molar-refractivity contribution in [3.63, 3.8) is 0 Å². The SMILES string of the molecule is N#CCc1ccc(S(=O)(=O)Nc2nc3c(s2)CCC3)cc1. The van der Waals surface area contributed by atoms with Gasteiger partial charge in [0.2, 0.25) is 0 Å². The summed E-state index contributed by atoms with van der Waals surface area (Å²) in [5.41, 5.74) is 1.81. The molecule has 21 heavy (non-hydrogen) atoms. The molecule has 0 spiro atoms. The number of aryl methyl sites for hydroxylation is 2. The van der Waals surface area contributed by atoms with E-state index in [9.17, 15) is 8.42 Å². The average Bonchev–Trinajstić information content (AvgIpc) is 3.00. The van der Waals surface area contributed by atoms with Gasteiger partial charge in [-0.3, -0.25) is 4.72 Å². The number of hydrogen-bond donors (Lipinski definition) is 1. The first kappa shape index (κ1) is 14.0. The average molecular weight is 319 g/mol. The quantitative estimate of drug-likeness (QED) is 0.938. The summed E-state index contributed by atoms with van der Waals surface area (Å²) in [6.07, 6.45) is 3.28. The van der Waals surface area contributed by atoms with Crippen LogP contribution < -0.4 is 4.72 Å². The Bertz CT molecular complexity index is 780. The van der Waals surface area contributed by atoms with Crippen LogP contribution in [0.3, 0.4) is 0 Å². The monoisotopic (exact) mass is 319 g/mol. The molecule has 0 fully saturated rings. The lowest BCUT2D eigenvalue weighted by molar-refractivity contribution is 0.601. The third-order valence-corrected chi connectivity index (χ3v) is 5.89. The van der Waals surface area contributed by atoms with Crippen LogP contribution in [0.4, 0.5) is 5.13 Å². The second kappa shape index (κ2) is 5.47. The Morgan fingerprint density at radius 1 is 1.29 bits per heavy atom. The Hall–Kier alpha value is -1.91. The first-order valence-electron chi connectivity index (χ1n) is 6.56. The standard InChI is InChI=1S/C14H13N3O2S2/c15-9-8-10-4-6-11(7-5-10)21(18,19)17-14-16-12-2-1-3-13(12)20-14/h4-7H,1-3,8H2,(H,16,17). The number of nitrogens with zero attached hydrogens (tertiary/aromatic N) is 2. The van der Waals surface area contributed by atoms with E-state index >= 15 is 0 Å². The minimum absolute atomic E-state index is 0.180. The number of sulfonamides is 1. The van der Waals surface area contributed by atoms with E-state index < -0.39 is 10.0 Å². The van der Waals surface area contributed by atoms with Gasteiger partial charge in [-0.2, -0.15) is 5.26 Å². The van der Waals surface area contributed by atoms with Crippen LogP contribution in [0.2, 0.25) is 0 Å². The van der Waals surface area contributed by atoms with E-state index in [0.717, 1.165) is 30.5 Å². The van der Waals surface area contributed by atoms with Crippen molar-refractivity contribution in [1.29, 1.82) is 5.26 Å². The summed E-state index contributed by atoms with van der Waals surface area (Å²) in [5, 5.41) is 9.04. The second-order valence-electron chi connectivity index (χ2n) is 4.83. The number of nitrogens with one attached hydrogen (secondary N) is 1. The first-order chi connectivity index (χ1) is 10.1. The van der Waals surface area contributed by atoms with Crippen LogP contribution in [0, 0.1) is 11.3 Å². The third-order valence-electron chi connectivity index (χ3n) is 3.33. The molecule has 1 aromatic carbocycles. The highest BCUT2D eigenvalue weighted by atomic mass is 32.2. The molecule has 1 aliphatic rings. The fourth-order valence-electron chi connectivity index (χ4n) is 2.29. The molecule has 3 rings (SSSR count). The molecule has 1 heterocycles. The molecule has 0 saturated heterocycles. The lowest BCUT2D eigenvalue weighted by atomic mass is 10.2. The van der Waals surface area contributed by atoms with Gasteiger partial charge in [-0.25, -0.2) is 13.4 Å². The second-order valence-corrected chi connectivity index (χ2v) is 7.59. The maximum absolute atomic E-state index is 12.3. The molecule has 1 N–H and O–H groups in total. The molecule has 0 unspecified atom stereocenters. The van der Waals surface area contributed by atoms with Gasteiger partial charge in [0.1, 0.15) is 0 Å². The molecular weight excluding hydrogens is 306 g/mol. The summed E-state index contributed by atoms with van der Waals surface area (Å²) in [4.78, 5) is 5.69. The number of rotatable bonds is 4. The summed E-state index contributed by atoms with van der Waals surface area (Å²) >= 11 is 1.41. The van der Waals surface area contributed by atoms with Gasteiger partial charge < -0.3 is 0 Å². The van der Waals surface area contributed by atoms with E-state index in [0.29, 0.717) is 5.13 Å². The zero-order valence-electron chi connectivity index (χ0n) is 11.2. The van der Waals surface area contributed by atoms with Crippen molar-refractivity contribution in [1.82, 2.24) is 4.98 Å². The van der Waals surface area contributed by atoms with Crippen molar-refractivity contribution in [2.45, 2.75) is 30.6 Å². The molecule has 2 aromatic rings. The maximum Gasteiger partial charge on any atom is 0.263 e. The molecular formula is C14H13N3O2S2. The van der Waals surface area contributed by atoms with Gasteiger partial charge in [0.25, 0.3) is 10.0 Å². The zero-order valence-corrected chi connectivity index (χ0v) is 12.8. The summed E-state index contributed by atoms with van der Waals surface area (Å²) in [7, 11) is -3.62. The molecule has 0 atom stereocenters. The highest BCUT2D eigenvalue weighted by Gasteiger charge is 2.20. The zero-order chi connectivity index (χ0) is 14.9. The molecule has 0 bridgehead atoms. The Morgan fingerprint density at radius 2 is 2.05 bits per heavy atom. The van der Waals surface area contributed by atoms with E-state index in [1.165, 1.54) is 28.3 Å². The number of hydrogen-bond acceptors (Lipinski definition) is 5. The van der Waals surface area contributed by atoms with Gasteiger partial charge in [-0.15, -0.1) is 11.3 Å². The molecule has 0 saturated carbocycles. The number of anilines is 1. The van der Waals surface area contributed by atoms with E-state index in [1.54, 1.807) is 12.1 Å². The summed E-state index contributed by atoms with van der Waals surface area (Å²) in [6.45, 7) is 0. The topological polar surface area (TPSA) is 82.8 Å². The lowest BCUT2D eigenvalue weighted by Gasteiger charge is -2.05. The molecule has 0 radical (unpaired) electrons. The van der Waals surface area contributed by atoms with E-state index in [-0.39, 0.29) is 11.3 Å². The fourth-order valence-corrected chi connectivity index (χ4v) is 4.57. The van der Waals surface area contributed by atoms with Crippen molar-refractivity contribution in [2.24, 2.45) is 0 Å². The first-order valence-corrected chi connectivity index (χ1v) is 8.86. The number of fused-ring (bicyclic) bond motifs is 1. The van der Waals surface area contributed by atoms with E-state index in [4.69, 9.17) is 5.26 Å². The Balaban J connectivity index is 1.81. The van der Waals surface area contributed by atoms with Crippen molar-refractivity contribution < 1.29 is 8.42 Å². The van der Waals surface area contributed by atoms with Crippen molar-refractivity contribution in [2.75, 3.05) is 4.72 Å². The van der Waals surface area contributed by atoms with Gasteiger partial charge in [-0.05, 0) is 37.0 Å². The van der Waals surface area contributed by atoms with Crippen LogP contribution in [0.1, 0.15) is 22.6 Å². The number of benzene rings is 1. The van der Waals surface area contributed by atoms with E-state index in [2.05, 4.69) is 9.71 Å². The lowest BCUT2D eigenvalue weighted by Crippen LogP contribution is -2.12. The van der Waals surface area contributed by atoms with Gasteiger partial charge in [0.05, 0.1) is 23.1 Å². The Morgan fingerprint density at radius 3 is 2.71 bits per heavy atom. The third kappa shape index (κ3) is 2.91. The van der Waals surface area contributed by atoms with Gasteiger partial charge in [-0.1, -0.05) is 12.1 Å². The summed E-state index contributed by atoms with van der Waals surface area (Å²) in [6, 6.07) is 8.36. The molecule has 1 aliphatic carbocycles. The molecule has 7 heteroatoms. The molecule has 0 amide bonds. The van der Waals surface area contributed by atoms with Gasteiger partial charge in [0, 0.05) is 4.88 Å². The normalized spacial score (nSPS) is 13.7. The number of thiazole rings is 1. The smallest absolute Gasteiger partial charge is 0.255 e. The van der Waals surface area contributed by atoms with Gasteiger partial charge in [0.15, 0.2) is 5.13 Å². The molecule has 0 aliphatic heterocycles. The molecule has 5 nitrogen and oxygen atoms in total. The predicted molar refractivity (Wildman–Crippen MR) is 80.7 cm³/mol. The fraction of sp³-hybridized carbons (Fsp3) is 0.286. The number of aromatic nitrogens is 1. The highest BCUT2D eigenvalue weighted by molar-refractivity contribution is 7.93. The minimum atomic E-state index is -3.62. The summed E-state index contributed by atoms with van der Waals surface area (Å²) in [5.74, 6) is 0. The predicted octanol–water partition coefficient (Wildman–Crippen LogP) is 2.50. The molecule has 1 aromatic heterocycles. The minimum Gasteiger partial charge on any atom is -0.255 e. The maximum atomic E-state index is 12.3. The Kier molecular flexibility index (Phi) is 3.66. The largest absolute Gasteiger partial charge is 0.263 e. The van der Waals surface area contributed by atoms with Crippen LogP contribution in [0.5, 0.6) is 0 Å². The summed E-state index contributed by atoms with van der Waals surface area (Å²) < 4.78 is 27.1.